The average Bonchev–Trinajstić information content (AvgIpc) is 1.89. The normalized spacial score (nSPS) is 11.6. The molecule has 58 valence electrons. The Labute approximate surface area is 62.4 Å². The Morgan fingerprint density at radius 1 is 1.50 bits per heavy atom. The molecule has 0 bridgehead atoms. The second kappa shape index (κ2) is 6.53. The Bertz CT molecular complexity index is 114. The van der Waals surface area contributed by atoms with Crippen molar-refractivity contribution in [1.29, 1.82) is 0 Å². The molecule has 0 aliphatic heterocycles. The highest BCUT2D eigenvalue weighted by Gasteiger charge is 1.88. The predicted molar refractivity (Wildman–Crippen MR) is 43.8 cm³/mol. The van der Waals surface area contributed by atoms with Crippen molar-refractivity contribution in [3.05, 3.63) is 24.3 Å². The largest absolute Gasteiger partial charge is 0.251 e. The zero-order valence-electron chi connectivity index (χ0n) is 6.57. The molecule has 0 fully saturated rings. The van der Waals surface area contributed by atoms with Crippen molar-refractivity contribution in [2.75, 3.05) is 6.67 Å². The van der Waals surface area contributed by atoms with E-state index >= 15 is 0 Å². The second-order valence-corrected chi connectivity index (χ2v) is 2.39. The molecule has 0 N–H and O–H groups in total. The van der Waals surface area contributed by atoms with Crippen LogP contribution in [-0.4, -0.2) is 6.67 Å². The monoisotopic (exact) mass is 142 g/mol. The van der Waals surface area contributed by atoms with Crippen molar-refractivity contribution >= 4 is 0 Å². The minimum atomic E-state index is -0.193. The molecule has 1 heteroatoms. The molecule has 0 rings (SSSR count). The van der Waals surface area contributed by atoms with Crippen LogP contribution in [0.15, 0.2) is 24.3 Å². The molecule has 0 unspecified atom stereocenters. The van der Waals surface area contributed by atoms with Crippen molar-refractivity contribution in [1.82, 2.24) is 0 Å². The van der Waals surface area contributed by atoms with Gasteiger partial charge in [-0.2, -0.15) is 0 Å². The van der Waals surface area contributed by atoms with Crippen LogP contribution in [0.25, 0.3) is 0 Å². The van der Waals surface area contributed by atoms with E-state index in [1.54, 1.807) is 6.08 Å². The minimum Gasteiger partial charge on any atom is -0.251 e. The lowest BCUT2D eigenvalue weighted by atomic mass is 10.1. The lowest BCUT2D eigenvalue weighted by molar-refractivity contribution is 0.462. The summed E-state index contributed by atoms with van der Waals surface area (Å²) < 4.78 is 11.6. The fourth-order valence-corrected chi connectivity index (χ4v) is 0.783. The van der Waals surface area contributed by atoms with E-state index in [-0.39, 0.29) is 6.67 Å². The van der Waals surface area contributed by atoms with Crippen LogP contribution >= 0.6 is 0 Å². The van der Waals surface area contributed by atoms with Gasteiger partial charge in [0, 0.05) is 0 Å². The zero-order chi connectivity index (χ0) is 7.82. The van der Waals surface area contributed by atoms with Gasteiger partial charge in [-0.15, -0.1) is 0 Å². The Hall–Kier alpha value is -0.590. The van der Waals surface area contributed by atoms with Gasteiger partial charge in [-0.3, -0.25) is 4.39 Å². The van der Waals surface area contributed by atoms with E-state index in [9.17, 15) is 4.39 Å². The van der Waals surface area contributed by atoms with Crippen molar-refractivity contribution in [3.63, 3.8) is 0 Å². The summed E-state index contributed by atoms with van der Waals surface area (Å²) in [5.74, 6) is 0. The number of allylic oxidation sites excluding steroid dienone is 3. The molecule has 0 aliphatic rings. The maximum atomic E-state index is 11.6. The summed E-state index contributed by atoms with van der Waals surface area (Å²) in [6.07, 6.45) is 6.37. The number of alkyl halides is 1. The number of halogens is 1. The SMILES string of the molecule is C=C/C=C(\C)CCCCF. The summed E-state index contributed by atoms with van der Waals surface area (Å²) in [7, 11) is 0. The Morgan fingerprint density at radius 2 is 2.20 bits per heavy atom. The van der Waals surface area contributed by atoms with Crippen LogP contribution in [0.5, 0.6) is 0 Å². The lowest BCUT2D eigenvalue weighted by Crippen LogP contribution is -1.79. The molecular weight excluding hydrogens is 127 g/mol. The van der Waals surface area contributed by atoms with Crippen molar-refractivity contribution < 1.29 is 4.39 Å². The quantitative estimate of drug-likeness (QED) is 0.408. The molecule has 0 aromatic carbocycles. The summed E-state index contributed by atoms with van der Waals surface area (Å²) in [4.78, 5) is 0. The van der Waals surface area contributed by atoms with Crippen LogP contribution in [0.1, 0.15) is 26.2 Å². The first-order valence-electron chi connectivity index (χ1n) is 3.65. The predicted octanol–water partition coefficient (Wildman–Crippen LogP) is 3.26. The zero-order valence-corrected chi connectivity index (χ0v) is 6.57. The fraction of sp³-hybridized carbons (Fsp3) is 0.556. The van der Waals surface area contributed by atoms with Gasteiger partial charge < -0.3 is 0 Å². The van der Waals surface area contributed by atoms with Crippen LogP contribution in [-0.2, 0) is 0 Å². The molecule has 0 aromatic rings. The van der Waals surface area contributed by atoms with Gasteiger partial charge in [-0.1, -0.05) is 24.3 Å². The molecule has 0 heterocycles. The molecule has 0 aromatic heterocycles. The summed E-state index contributed by atoms with van der Waals surface area (Å²) in [5.41, 5.74) is 1.28. The molecule has 0 nitrogen and oxygen atoms in total. The highest BCUT2D eigenvalue weighted by Crippen LogP contribution is 2.05. The molecule has 0 amide bonds. The summed E-state index contributed by atoms with van der Waals surface area (Å²) in [6.45, 7) is 5.43. The summed E-state index contributed by atoms with van der Waals surface area (Å²) >= 11 is 0. The smallest absolute Gasteiger partial charge is 0.0894 e. The van der Waals surface area contributed by atoms with Gasteiger partial charge in [0.2, 0.25) is 0 Å². The summed E-state index contributed by atoms with van der Waals surface area (Å²) in [6, 6.07) is 0. The van der Waals surface area contributed by atoms with Crippen LogP contribution in [0, 0.1) is 0 Å². The van der Waals surface area contributed by atoms with Crippen molar-refractivity contribution in [2.45, 2.75) is 26.2 Å². The average molecular weight is 142 g/mol. The maximum Gasteiger partial charge on any atom is 0.0894 e. The van der Waals surface area contributed by atoms with E-state index in [2.05, 4.69) is 6.58 Å². The topological polar surface area (TPSA) is 0 Å². The van der Waals surface area contributed by atoms with E-state index in [4.69, 9.17) is 0 Å². The third-order valence-corrected chi connectivity index (χ3v) is 1.36. The van der Waals surface area contributed by atoms with E-state index in [1.165, 1.54) is 5.57 Å². The number of hydrogen-bond donors (Lipinski definition) is 0. The van der Waals surface area contributed by atoms with Crippen LogP contribution < -0.4 is 0 Å². The highest BCUT2D eigenvalue weighted by atomic mass is 19.1. The number of hydrogen-bond acceptors (Lipinski definition) is 0. The van der Waals surface area contributed by atoms with Gasteiger partial charge in [0.1, 0.15) is 0 Å². The first-order chi connectivity index (χ1) is 4.81. The van der Waals surface area contributed by atoms with Crippen LogP contribution in [0.2, 0.25) is 0 Å². The third kappa shape index (κ3) is 5.54. The number of unbranched alkanes of at least 4 members (excludes halogenated alkanes) is 1. The molecule has 0 spiro atoms. The molecule has 0 radical (unpaired) electrons. The van der Waals surface area contributed by atoms with Gasteiger partial charge >= 0.3 is 0 Å². The molecule has 0 saturated carbocycles. The second-order valence-electron chi connectivity index (χ2n) is 2.39. The summed E-state index contributed by atoms with van der Waals surface area (Å²) in [5, 5.41) is 0. The molecular formula is C9H15F. The van der Waals surface area contributed by atoms with E-state index in [0.717, 1.165) is 12.8 Å². The standard InChI is InChI=1S/C9H15F/c1-3-6-9(2)7-4-5-8-10/h3,6H,1,4-5,7-8H2,2H3/b9-6+. The Morgan fingerprint density at radius 3 is 2.70 bits per heavy atom. The molecule has 0 atom stereocenters. The Balaban J connectivity index is 3.29. The van der Waals surface area contributed by atoms with E-state index in [1.807, 2.05) is 13.0 Å². The maximum absolute atomic E-state index is 11.6. The fourth-order valence-electron chi connectivity index (χ4n) is 0.783. The van der Waals surface area contributed by atoms with Crippen molar-refractivity contribution in [3.8, 4) is 0 Å². The van der Waals surface area contributed by atoms with Gasteiger partial charge in [-0.05, 0) is 26.2 Å². The van der Waals surface area contributed by atoms with Crippen LogP contribution in [0.3, 0.4) is 0 Å². The molecule has 0 aliphatic carbocycles. The van der Waals surface area contributed by atoms with Gasteiger partial charge in [-0.25, -0.2) is 0 Å². The lowest BCUT2D eigenvalue weighted by Gasteiger charge is -1.96. The first kappa shape index (κ1) is 9.41. The van der Waals surface area contributed by atoms with Gasteiger partial charge in [0.25, 0.3) is 0 Å². The minimum absolute atomic E-state index is 0.193. The van der Waals surface area contributed by atoms with Gasteiger partial charge in [0.05, 0.1) is 6.67 Å². The highest BCUT2D eigenvalue weighted by molar-refractivity contribution is 5.07. The first-order valence-corrected chi connectivity index (χ1v) is 3.65. The van der Waals surface area contributed by atoms with E-state index < -0.39 is 0 Å². The third-order valence-electron chi connectivity index (χ3n) is 1.36. The van der Waals surface area contributed by atoms with E-state index in [0.29, 0.717) is 6.42 Å². The Kier molecular flexibility index (Phi) is 6.14. The number of rotatable bonds is 5. The van der Waals surface area contributed by atoms with Crippen molar-refractivity contribution in [2.24, 2.45) is 0 Å². The van der Waals surface area contributed by atoms with Crippen LogP contribution in [0.4, 0.5) is 4.39 Å². The molecule has 0 saturated heterocycles. The van der Waals surface area contributed by atoms with Gasteiger partial charge in [0.15, 0.2) is 0 Å². The molecule has 10 heavy (non-hydrogen) atoms.